The zero-order valence-electron chi connectivity index (χ0n) is 15.9. The van der Waals surface area contributed by atoms with E-state index >= 15 is 0 Å². The number of nitrogens with zero attached hydrogens (tertiary/aromatic N) is 6. The van der Waals surface area contributed by atoms with Crippen LogP contribution in [0, 0.1) is 5.82 Å². The SMILES string of the molecule is CN1CCN(c2nc(-c3ccco3)c3c(N)n(-c4cccc(F)c4)nc3n2)CC1. The highest BCUT2D eigenvalue weighted by molar-refractivity contribution is 5.98. The van der Waals surface area contributed by atoms with Gasteiger partial charge in [-0.25, -0.2) is 14.1 Å². The molecule has 148 valence electrons. The predicted octanol–water partition coefficient (Wildman–Crippen LogP) is 2.55. The van der Waals surface area contributed by atoms with Gasteiger partial charge in [0.1, 0.15) is 17.3 Å². The molecule has 0 spiro atoms. The zero-order chi connectivity index (χ0) is 20.0. The van der Waals surface area contributed by atoms with Crippen molar-refractivity contribution >= 4 is 22.8 Å². The van der Waals surface area contributed by atoms with Crippen molar-refractivity contribution < 1.29 is 8.81 Å². The molecule has 0 atom stereocenters. The molecule has 4 aromatic rings. The second-order valence-electron chi connectivity index (χ2n) is 7.12. The number of nitrogen functional groups attached to an aromatic ring is 1. The summed E-state index contributed by atoms with van der Waals surface area (Å²) in [5.41, 5.74) is 7.96. The quantitative estimate of drug-likeness (QED) is 0.572. The van der Waals surface area contributed by atoms with Gasteiger partial charge in [0.25, 0.3) is 0 Å². The third-order valence-corrected chi connectivity index (χ3v) is 5.15. The summed E-state index contributed by atoms with van der Waals surface area (Å²) in [5, 5.41) is 5.15. The van der Waals surface area contributed by atoms with Crippen molar-refractivity contribution in [3.05, 3.63) is 48.5 Å². The molecule has 2 N–H and O–H groups in total. The summed E-state index contributed by atoms with van der Waals surface area (Å²) < 4.78 is 20.8. The van der Waals surface area contributed by atoms with E-state index in [2.05, 4.69) is 26.9 Å². The molecule has 1 aliphatic heterocycles. The van der Waals surface area contributed by atoms with Gasteiger partial charge in [-0.2, -0.15) is 4.98 Å². The van der Waals surface area contributed by atoms with E-state index < -0.39 is 0 Å². The number of fused-ring (bicyclic) bond motifs is 1. The first kappa shape index (κ1) is 17.6. The largest absolute Gasteiger partial charge is 0.463 e. The number of likely N-dealkylation sites (N-methyl/N-ethyl adjacent to an activating group) is 1. The van der Waals surface area contributed by atoms with Crippen LogP contribution >= 0.6 is 0 Å². The molecule has 1 fully saturated rings. The number of anilines is 2. The summed E-state index contributed by atoms with van der Waals surface area (Å²) in [5.74, 6) is 1.14. The highest BCUT2D eigenvalue weighted by Crippen LogP contribution is 2.33. The van der Waals surface area contributed by atoms with E-state index in [1.807, 2.05) is 6.07 Å². The van der Waals surface area contributed by atoms with Crippen molar-refractivity contribution in [1.82, 2.24) is 24.6 Å². The normalized spacial score (nSPS) is 15.3. The molecular weight excluding hydrogens is 373 g/mol. The smallest absolute Gasteiger partial charge is 0.228 e. The van der Waals surface area contributed by atoms with Crippen molar-refractivity contribution in [2.45, 2.75) is 0 Å². The second-order valence-corrected chi connectivity index (χ2v) is 7.12. The van der Waals surface area contributed by atoms with E-state index in [-0.39, 0.29) is 5.82 Å². The van der Waals surface area contributed by atoms with Gasteiger partial charge in [0.2, 0.25) is 5.95 Å². The number of nitrogens with two attached hydrogens (primary N) is 1. The van der Waals surface area contributed by atoms with Gasteiger partial charge in [-0.1, -0.05) is 6.07 Å². The van der Waals surface area contributed by atoms with Crippen molar-refractivity contribution in [3.63, 3.8) is 0 Å². The molecule has 29 heavy (non-hydrogen) atoms. The lowest BCUT2D eigenvalue weighted by Crippen LogP contribution is -2.45. The number of benzene rings is 1. The lowest BCUT2D eigenvalue weighted by molar-refractivity contribution is 0.311. The highest BCUT2D eigenvalue weighted by Gasteiger charge is 2.24. The molecule has 4 heterocycles. The van der Waals surface area contributed by atoms with E-state index in [1.165, 1.54) is 16.8 Å². The van der Waals surface area contributed by atoms with Crippen LogP contribution in [0.5, 0.6) is 0 Å². The van der Waals surface area contributed by atoms with Crippen molar-refractivity contribution in [2.24, 2.45) is 0 Å². The maximum atomic E-state index is 13.7. The summed E-state index contributed by atoms with van der Waals surface area (Å²) in [6.45, 7) is 3.49. The Morgan fingerprint density at radius 1 is 1.07 bits per heavy atom. The van der Waals surface area contributed by atoms with Gasteiger partial charge in [0, 0.05) is 26.2 Å². The monoisotopic (exact) mass is 393 g/mol. The highest BCUT2D eigenvalue weighted by atomic mass is 19.1. The lowest BCUT2D eigenvalue weighted by Gasteiger charge is -2.32. The van der Waals surface area contributed by atoms with Crippen LogP contribution in [0.4, 0.5) is 16.2 Å². The lowest BCUT2D eigenvalue weighted by atomic mass is 10.2. The van der Waals surface area contributed by atoms with Crippen molar-refractivity contribution in [2.75, 3.05) is 43.9 Å². The number of hydrogen-bond donors (Lipinski definition) is 1. The minimum absolute atomic E-state index is 0.335. The molecule has 1 aromatic carbocycles. The first-order valence-corrected chi connectivity index (χ1v) is 9.40. The van der Waals surface area contributed by atoms with Crippen LogP contribution in [0.3, 0.4) is 0 Å². The molecule has 3 aromatic heterocycles. The molecule has 0 bridgehead atoms. The van der Waals surface area contributed by atoms with Crippen LogP contribution in [0.2, 0.25) is 0 Å². The van der Waals surface area contributed by atoms with Gasteiger partial charge in [0.05, 0.1) is 17.3 Å². The van der Waals surface area contributed by atoms with E-state index in [9.17, 15) is 4.39 Å². The maximum Gasteiger partial charge on any atom is 0.228 e. The number of halogens is 1. The summed E-state index contributed by atoms with van der Waals surface area (Å²) in [7, 11) is 2.09. The third kappa shape index (κ3) is 3.09. The Hall–Kier alpha value is -3.46. The Bertz CT molecular complexity index is 1160. The molecule has 0 radical (unpaired) electrons. The number of hydrogen-bond acceptors (Lipinski definition) is 7. The molecule has 5 rings (SSSR count). The standard InChI is InChI=1S/C20H20FN7O/c1-26-7-9-27(10-8-26)20-23-17(15-6-3-11-29-15)16-18(22)28(25-19(16)24-20)14-5-2-4-13(21)12-14/h2-6,11-12H,7-10,22H2,1H3. The molecule has 8 nitrogen and oxygen atoms in total. The first-order chi connectivity index (χ1) is 14.1. The van der Waals surface area contributed by atoms with E-state index in [4.69, 9.17) is 15.1 Å². The summed E-state index contributed by atoms with van der Waals surface area (Å²) >= 11 is 0. The maximum absolute atomic E-state index is 13.7. The number of aromatic nitrogens is 4. The number of furan rings is 1. The Kier molecular flexibility index (Phi) is 4.17. The molecular formula is C20H20FN7O. The minimum Gasteiger partial charge on any atom is -0.463 e. The number of rotatable bonds is 3. The summed E-state index contributed by atoms with van der Waals surface area (Å²) in [6, 6.07) is 9.74. The molecule has 1 aliphatic rings. The average Bonchev–Trinajstić information content (AvgIpc) is 3.36. The first-order valence-electron chi connectivity index (χ1n) is 9.40. The number of piperazine rings is 1. The molecule has 0 amide bonds. The van der Waals surface area contributed by atoms with E-state index in [0.29, 0.717) is 39.9 Å². The van der Waals surface area contributed by atoms with Crippen LogP contribution < -0.4 is 10.6 Å². The van der Waals surface area contributed by atoms with Crippen LogP contribution in [0.15, 0.2) is 47.1 Å². The fourth-order valence-corrected chi connectivity index (χ4v) is 3.54. The Labute approximate surface area is 166 Å². The summed E-state index contributed by atoms with van der Waals surface area (Å²) in [4.78, 5) is 13.8. The van der Waals surface area contributed by atoms with Gasteiger partial charge >= 0.3 is 0 Å². The van der Waals surface area contributed by atoms with E-state index in [1.54, 1.807) is 24.5 Å². The molecule has 0 saturated carbocycles. The third-order valence-electron chi connectivity index (χ3n) is 5.15. The zero-order valence-corrected chi connectivity index (χ0v) is 15.9. The van der Waals surface area contributed by atoms with Crippen molar-refractivity contribution in [3.8, 4) is 17.1 Å². The molecule has 9 heteroatoms. The van der Waals surface area contributed by atoms with Gasteiger partial charge in [-0.3, -0.25) is 0 Å². The van der Waals surface area contributed by atoms with Crippen LogP contribution in [-0.2, 0) is 0 Å². The Balaban J connectivity index is 1.70. The predicted molar refractivity (Wildman–Crippen MR) is 108 cm³/mol. The average molecular weight is 393 g/mol. The van der Waals surface area contributed by atoms with Crippen LogP contribution in [-0.4, -0.2) is 57.9 Å². The molecule has 0 aliphatic carbocycles. The fraction of sp³-hybridized carbons (Fsp3) is 0.250. The van der Waals surface area contributed by atoms with E-state index in [0.717, 1.165) is 26.2 Å². The van der Waals surface area contributed by atoms with Crippen LogP contribution in [0.25, 0.3) is 28.2 Å². The van der Waals surface area contributed by atoms with Gasteiger partial charge in [-0.05, 0) is 37.4 Å². The van der Waals surface area contributed by atoms with Gasteiger partial charge in [0.15, 0.2) is 11.4 Å². The van der Waals surface area contributed by atoms with Crippen LogP contribution in [0.1, 0.15) is 0 Å². The topological polar surface area (TPSA) is 89.2 Å². The van der Waals surface area contributed by atoms with Crippen molar-refractivity contribution in [1.29, 1.82) is 0 Å². The molecule has 0 unspecified atom stereocenters. The Morgan fingerprint density at radius 2 is 1.90 bits per heavy atom. The van der Waals surface area contributed by atoms with Gasteiger partial charge in [-0.15, -0.1) is 5.10 Å². The van der Waals surface area contributed by atoms with Gasteiger partial charge < -0.3 is 20.0 Å². The second kappa shape index (κ2) is 6.85. The minimum atomic E-state index is -0.364. The summed E-state index contributed by atoms with van der Waals surface area (Å²) in [6.07, 6.45) is 1.59. The Morgan fingerprint density at radius 3 is 2.62 bits per heavy atom. The fourth-order valence-electron chi connectivity index (χ4n) is 3.54. The molecule has 1 saturated heterocycles.